The second-order valence-electron chi connectivity index (χ2n) is 8.60. The zero-order valence-corrected chi connectivity index (χ0v) is 18.8. The summed E-state index contributed by atoms with van der Waals surface area (Å²) < 4.78 is 5.32. The van der Waals surface area contributed by atoms with Crippen molar-refractivity contribution in [2.24, 2.45) is 5.41 Å². The number of likely N-dealkylation sites (tertiary alicyclic amines) is 1. The van der Waals surface area contributed by atoms with Gasteiger partial charge in [0.2, 0.25) is 0 Å². The van der Waals surface area contributed by atoms with Gasteiger partial charge in [0.15, 0.2) is 0 Å². The number of allylic oxidation sites excluding steroid dienone is 3. The van der Waals surface area contributed by atoms with Crippen molar-refractivity contribution in [3.05, 3.63) is 35.6 Å². The van der Waals surface area contributed by atoms with Crippen LogP contribution in [0, 0.1) is 5.41 Å². The summed E-state index contributed by atoms with van der Waals surface area (Å²) in [6, 6.07) is 0. The second kappa shape index (κ2) is 12.0. The number of carbonyl (C=O) groups excluding carboxylic acids is 1. The van der Waals surface area contributed by atoms with E-state index in [0.29, 0.717) is 5.41 Å². The van der Waals surface area contributed by atoms with Gasteiger partial charge in [-0.1, -0.05) is 32.1 Å². The molecule has 0 spiro atoms. The molecule has 0 aliphatic carbocycles. The average Bonchev–Trinajstić information content (AvgIpc) is 2.49. The molecule has 27 heavy (non-hydrogen) atoms. The first-order chi connectivity index (χ1) is 12.4. The molecule has 1 heterocycles. The predicted octanol–water partition coefficient (Wildman–Crippen LogP) is 5.24. The third-order valence-corrected chi connectivity index (χ3v) is 4.29. The summed E-state index contributed by atoms with van der Waals surface area (Å²) in [4.78, 5) is 14.5. The standard InChI is InChI=1S/C20H33NO2.C3H8O/c1-8-9-18(21-12-10-20(6,7)11-13-21)17(15(2)3)14-19(22)23-16(4)5;1-3(2)4/h8-9,16H,2,10-14H2,1,3-7H3;3-4H,1-2H3/b9-8-,18-17+;. The first-order valence-electron chi connectivity index (χ1n) is 10.0. The van der Waals surface area contributed by atoms with Crippen LogP contribution in [0.2, 0.25) is 0 Å². The molecule has 4 nitrogen and oxygen atoms in total. The van der Waals surface area contributed by atoms with Gasteiger partial charge in [-0.05, 0) is 71.4 Å². The van der Waals surface area contributed by atoms with Crippen LogP contribution in [0.1, 0.15) is 74.7 Å². The maximum absolute atomic E-state index is 12.1. The Hall–Kier alpha value is -1.55. The van der Waals surface area contributed by atoms with E-state index in [0.717, 1.165) is 42.8 Å². The highest BCUT2D eigenvalue weighted by molar-refractivity contribution is 5.74. The molecule has 0 aromatic carbocycles. The van der Waals surface area contributed by atoms with E-state index in [-0.39, 0.29) is 24.6 Å². The summed E-state index contributed by atoms with van der Waals surface area (Å²) in [5, 5.41) is 8.06. The van der Waals surface area contributed by atoms with Crippen LogP contribution in [-0.4, -0.2) is 41.3 Å². The molecule has 1 N–H and O–H groups in total. The largest absolute Gasteiger partial charge is 0.463 e. The zero-order chi connectivity index (χ0) is 21.2. The van der Waals surface area contributed by atoms with Gasteiger partial charge in [0.25, 0.3) is 0 Å². The minimum Gasteiger partial charge on any atom is -0.463 e. The molecule has 0 atom stereocenters. The molecule has 0 unspecified atom stereocenters. The van der Waals surface area contributed by atoms with Crippen molar-refractivity contribution in [3.63, 3.8) is 0 Å². The van der Waals surface area contributed by atoms with Crippen molar-refractivity contribution >= 4 is 5.97 Å². The molecule has 0 bridgehead atoms. The minimum absolute atomic E-state index is 0.0881. The Morgan fingerprint density at radius 3 is 2.07 bits per heavy atom. The van der Waals surface area contributed by atoms with E-state index in [1.165, 1.54) is 0 Å². The number of piperidine rings is 1. The zero-order valence-electron chi connectivity index (χ0n) is 18.8. The number of aliphatic hydroxyl groups excluding tert-OH is 1. The van der Waals surface area contributed by atoms with Crippen LogP contribution < -0.4 is 0 Å². The van der Waals surface area contributed by atoms with Crippen molar-refractivity contribution in [1.82, 2.24) is 4.90 Å². The summed E-state index contributed by atoms with van der Waals surface area (Å²) >= 11 is 0. The van der Waals surface area contributed by atoms with Gasteiger partial charge in [-0.3, -0.25) is 4.79 Å². The number of hydrogen-bond acceptors (Lipinski definition) is 4. The lowest BCUT2D eigenvalue weighted by molar-refractivity contribution is -0.146. The molecular weight excluding hydrogens is 338 g/mol. The SMILES string of the molecule is C=C(C)/C(CC(=O)OC(C)C)=C(\C=C/C)N1CCC(C)(C)CC1.CC(C)O. The molecule has 4 heteroatoms. The number of rotatable bonds is 6. The number of esters is 1. The van der Waals surface area contributed by atoms with Gasteiger partial charge in [-0.25, -0.2) is 0 Å². The van der Waals surface area contributed by atoms with Gasteiger partial charge in [-0.2, -0.15) is 0 Å². The molecule has 1 aliphatic rings. The molecule has 0 aromatic heterocycles. The lowest BCUT2D eigenvalue weighted by atomic mass is 9.82. The lowest BCUT2D eigenvalue weighted by Crippen LogP contribution is -2.37. The summed E-state index contributed by atoms with van der Waals surface area (Å²) in [7, 11) is 0. The Morgan fingerprint density at radius 2 is 1.70 bits per heavy atom. The van der Waals surface area contributed by atoms with Crippen LogP contribution in [-0.2, 0) is 9.53 Å². The minimum atomic E-state index is -0.183. The normalized spacial score (nSPS) is 17.5. The number of hydrogen-bond donors (Lipinski definition) is 1. The first-order valence-corrected chi connectivity index (χ1v) is 10.0. The molecule has 0 amide bonds. The van der Waals surface area contributed by atoms with Crippen molar-refractivity contribution in [1.29, 1.82) is 0 Å². The number of nitrogens with zero attached hydrogens (tertiary/aromatic N) is 1. The highest BCUT2D eigenvalue weighted by Gasteiger charge is 2.27. The number of ether oxygens (including phenoxy) is 1. The smallest absolute Gasteiger partial charge is 0.310 e. The van der Waals surface area contributed by atoms with E-state index < -0.39 is 0 Å². The van der Waals surface area contributed by atoms with Gasteiger partial charge in [0.1, 0.15) is 0 Å². The fraction of sp³-hybridized carbons (Fsp3) is 0.696. The first kappa shape index (κ1) is 25.4. The van der Waals surface area contributed by atoms with Crippen LogP contribution in [0.3, 0.4) is 0 Å². The Labute approximate surface area is 167 Å². The summed E-state index contributed by atoms with van der Waals surface area (Å²) in [6.45, 7) is 21.9. The third kappa shape index (κ3) is 11.0. The fourth-order valence-electron chi connectivity index (χ4n) is 2.82. The molecular formula is C23H41NO3. The Kier molecular flexibility index (Phi) is 11.3. The number of carbonyl (C=O) groups is 1. The average molecular weight is 380 g/mol. The Bertz CT molecular complexity index is 529. The molecule has 0 saturated carbocycles. The third-order valence-electron chi connectivity index (χ3n) is 4.29. The van der Waals surface area contributed by atoms with E-state index in [1.54, 1.807) is 13.8 Å². The van der Waals surface area contributed by atoms with Crippen molar-refractivity contribution < 1.29 is 14.6 Å². The van der Waals surface area contributed by atoms with Gasteiger partial charge in [0, 0.05) is 24.9 Å². The molecule has 156 valence electrons. The summed E-state index contributed by atoms with van der Waals surface area (Å²) in [6.07, 6.45) is 6.49. The van der Waals surface area contributed by atoms with Crippen molar-refractivity contribution in [2.45, 2.75) is 86.9 Å². The molecule has 1 aliphatic heterocycles. The Balaban J connectivity index is 0.00000153. The maximum atomic E-state index is 12.1. The van der Waals surface area contributed by atoms with Crippen LogP contribution in [0.5, 0.6) is 0 Å². The molecule has 1 rings (SSSR count). The van der Waals surface area contributed by atoms with Gasteiger partial charge in [0.05, 0.1) is 12.5 Å². The van der Waals surface area contributed by atoms with Gasteiger partial charge in [-0.15, -0.1) is 0 Å². The molecule has 1 saturated heterocycles. The van der Waals surface area contributed by atoms with Crippen LogP contribution >= 0.6 is 0 Å². The van der Waals surface area contributed by atoms with E-state index in [9.17, 15) is 4.79 Å². The van der Waals surface area contributed by atoms with Crippen LogP contribution in [0.25, 0.3) is 0 Å². The van der Waals surface area contributed by atoms with Crippen molar-refractivity contribution in [3.8, 4) is 0 Å². The number of aliphatic hydroxyl groups is 1. The van der Waals surface area contributed by atoms with Crippen LogP contribution in [0.4, 0.5) is 0 Å². The van der Waals surface area contributed by atoms with E-state index >= 15 is 0 Å². The second-order valence-corrected chi connectivity index (χ2v) is 8.60. The highest BCUT2D eigenvalue weighted by atomic mass is 16.5. The van der Waals surface area contributed by atoms with Crippen LogP contribution in [0.15, 0.2) is 35.6 Å². The van der Waals surface area contributed by atoms with Gasteiger partial charge < -0.3 is 14.7 Å². The Morgan fingerprint density at radius 1 is 1.22 bits per heavy atom. The lowest BCUT2D eigenvalue weighted by Gasteiger charge is -2.39. The monoisotopic (exact) mass is 379 g/mol. The van der Waals surface area contributed by atoms with E-state index in [1.807, 2.05) is 33.8 Å². The van der Waals surface area contributed by atoms with Gasteiger partial charge >= 0.3 is 5.97 Å². The molecule has 0 radical (unpaired) electrons. The topological polar surface area (TPSA) is 49.8 Å². The summed E-state index contributed by atoms with van der Waals surface area (Å²) in [5.41, 5.74) is 3.45. The van der Waals surface area contributed by atoms with E-state index in [2.05, 4.69) is 31.4 Å². The quantitative estimate of drug-likeness (QED) is 0.506. The van der Waals surface area contributed by atoms with E-state index in [4.69, 9.17) is 9.84 Å². The maximum Gasteiger partial charge on any atom is 0.310 e. The molecule has 0 aromatic rings. The highest BCUT2D eigenvalue weighted by Crippen LogP contribution is 2.33. The predicted molar refractivity (Wildman–Crippen MR) is 114 cm³/mol. The van der Waals surface area contributed by atoms with Crippen molar-refractivity contribution in [2.75, 3.05) is 13.1 Å². The fourth-order valence-corrected chi connectivity index (χ4v) is 2.82. The molecule has 1 fully saturated rings. The summed E-state index contributed by atoms with van der Waals surface area (Å²) in [5.74, 6) is -0.183.